The van der Waals surface area contributed by atoms with Gasteiger partial charge in [-0.3, -0.25) is 4.40 Å². The van der Waals surface area contributed by atoms with E-state index in [4.69, 9.17) is 0 Å². The van der Waals surface area contributed by atoms with E-state index in [9.17, 15) is 0 Å². The molecule has 0 saturated carbocycles. The maximum atomic E-state index is 4.67. The molecule has 5 heterocycles. The third-order valence-electron chi connectivity index (χ3n) is 5.13. The van der Waals surface area contributed by atoms with Gasteiger partial charge in [0.05, 0.1) is 11.9 Å². The first-order valence-corrected chi connectivity index (χ1v) is 8.59. The van der Waals surface area contributed by atoms with E-state index in [1.54, 1.807) is 0 Å². The molecule has 0 radical (unpaired) electrons. The van der Waals surface area contributed by atoms with Crippen molar-refractivity contribution in [2.75, 3.05) is 36.5 Å². The van der Waals surface area contributed by atoms with Gasteiger partial charge in [0.2, 0.25) is 0 Å². The molecule has 6 nitrogen and oxygen atoms in total. The molecule has 0 unspecified atom stereocenters. The molecule has 1 fully saturated rings. The Bertz CT molecular complexity index is 909. The molecule has 0 amide bonds. The summed E-state index contributed by atoms with van der Waals surface area (Å²) in [5, 5.41) is 0. The van der Waals surface area contributed by atoms with E-state index < -0.39 is 0 Å². The minimum atomic E-state index is 0.937. The zero-order valence-corrected chi connectivity index (χ0v) is 13.8. The summed E-state index contributed by atoms with van der Waals surface area (Å²) in [4.78, 5) is 18.5. The smallest absolute Gasteiger partial charge is 0.180 e. The fraction of sp³-hybridized carbons (Fsp3) is 0.389. The Morgan fingerprint density at radius 2 is 1.83 bits per heavy atom. The number of anilines is 2. The first-order valence-electron chi connectivity index (χ1n) is 8.59. The Morgan fingerprint density at radius 3 is 2.71 bits per heavy atom. The van der Waals surface area contributed by atoms with Crippen LogP contribution in [-0.4, -0.2) is 46.0 Å². The molecule has 1 saturated heterocycles. The van der Waals surface area contributed by atoms with Gasteiger partial charge >= 0.3 is 0 Å². The molecule has 3 aromatic rings. The van der Waals surface area contributed by atoms with Gasteiger partial charge in [0.25, 0.3) is 0 Å². The van der Waals surface area contributed by atoms with Crippen molar-refractivity contribution in [2.24, 2.45) is 0 Å². The highest BCUT2D eigenvalue weighted by atomic mass is 15.2. The highest BCUT2D eigenvalue weighted by Gasteiger charge is 2.21. The van der Waals surface area contributed by atoms with E-state index in [2.05, 4.69) is 42.3 Å². The predicted molar refractivity (Wildman–Crippen MR) is 94.6 cm³/mol. The van der Waals surface area contributed by atoms with Gasteiger partial charge < -0.3 is 9.80 Å². The lowest BCUT2D eigenvalue weighted by Crippen LogP contribution is -2.19. The maximum absolute atomic E-state index is 4.67. The summed E-state index contributed by atoms with van der Waals surface area (Å²) >= 11 is 0. The van der Waals surface area contributed by atoms with E-state index in [0.29, 0.717) is 0 Å². The first-order chi connectivity index (χ1) is 11.8. The molecule has 2 aliphatic rings. The summed E-state index contributed by atoms with van der Waals surface area (Å²) in [7, 11) is 2.10. The normalized spacial score (nSPS) is 17.0. The van der Waals surface area contributed by atoms with Gasteiger partial charge in [0.1, 0.15) is 5.82 Å². The van der Waals surface area contributed by atoms with Crippen LogP contribution in [0.4, 0.5) is 11.6 Å². The summed E-state index contributed by atoms with van der Waals surface area (Å²) in [6, 6.07) is 2.26. The summed E-state index contributed by atoms with van der Waals surface area (Å²) in [6.45, 7) is 3.19. The first kappa shape index (κ1) is 13.8. The fourth-order valence-corrected chi connectivity index (χ4v) is 3.84. The quantitative estimate of drug-likeness (QED) is 0.725. The molecule has 24 heavy (non-hydrogen) atoms. The number of nitrogens with zero attached hydrogens (tertiary/aromatic N) is 6. The Balaban J connectivity index is 1.62. The maximum Gasteiger partial charge on any atom is 0.180 e. The zero-order valence-electron chi connectivity index (χ0n) is 13.8. The molecule has 0 spiro atoms. The molecule has 0 N–H and O–H groups in total. The third-order valence-corrected chi connectivity index (χ3v) is 5.13. The van der Waals surface area contributed by atoms with Crippen molar-refractivity contribution >= 4 is 17.3 Å². The van der Waals surface area contributed by atoms with Crippen molar-refractivity contribution < 1.29 is 0 Å². The number of fused-ring (bicyclic) bond motifs is 2. The SMILES string of the molecule is CN1CCc2cc(-c3cnc4c(N5CCCC5)nccn34)cnc21. The number of aromatic nitrogens is 4. The van der Waals surface area contributed by atoms with Crippen LogP contribution >= 0.6 is 0 Å². The van der Waals surface area contributed by atoms with Crippen LogP contribution in [0.2, 0.25) is 0 Å². The molecule has 0 aliphatic carbocycles. The molecule has 2 aliphatic heterocycles. The molecule has 6 heteroatoms. The predicted octanol–water partition coefficient (Wildman–Crippen LogP) is 2.38. The molecule has 0 aromatic carbocycles. The molecule has 3 aromatic heterocycles. The van der Waals surface area contributed by atoms with E-state index in [0.717, 1.165) is 54.6 Å². The number of hydrogen-bond donors (Lipinski definition) is 0. The van der Waals surface area contributed by atoms with Gasteiger partial charge in [-0.1, -0.05) is 0 Å². The van der Waals surface area contributed by atoms with Crippen LogP contribution in [-0.2, 0) is 6.42 Å². The lowest BCUT2D eigenvalue weighted by atomic mass is 10.1. The topological polar surface area (TPSA) is 49.6 Å². The number of likely N-dealkylation sites (N-methyl/N-ethyl adjacent to an activating group) is 1. The minimum absolute atomic E-state index is 0.937. The van der Waals surface area contributed by atoms with Crippen molar-refractivity contribution in [1.29, 1.82) is 0 Å². The number of pyridine rings is 1. The van der Waals surface area contributed by atoms with Crippen LogP contribution < -0.4 is 9.80 Å². The Kier molecular flexibility index (Phi) is 2.98. The number of imidazole rings is 1. The van der Waals surface area contributed by atoms with Crippen LogP contribution in [0.5, 0.6) is 0 Å². The largest absolute Gasteiger partial charge is 0.359 e. The zero-order chi connectivity index (χ0) is 16.1. The van der Waals surface area contributed by atoms with Gasteiger partial charge in [0.15, 0.2) is 11.5 Å². The fourth-order valence-electron chi connectivity index (χ4n) is 3.84. The second kappa shape index (κ2) is 5.19. The highest BCUT2D eigenvalue weighted by molar-refractivity contribution is 5.72. The molecule has 122 valence electrons. The van der Waals surface area contributed by atoms with Gasteiger partial charge in [-0.05, 0) is 30.9 Å². The second-order valence-electron chi connectivity index (χ2n) is 6.66. The summed E-state index contributed by atoms with van der Waals surface area (Å²) in [6.07, 6.45) is 11.3. The average Bonchev–Trinajstić information content (AvgIpc) is 3.34. The molecular weight excluding hydrogens is 300 g/mol. The Morgan fingerprint density at radius 1 is 0.958 bits per heavy atom. The second-order valence-corrected chi connectivity index (χ2v) is 6.66. The van der Waals surface area contributed by atoms with Crippen LogP contribution in [0.1, 0.15) is 18.4 Å². The van der Waals surface area contributed by atoms with Crippen LogP contribution in [0.25, 0.3) is 16.9 Å². The lowest BCUT2D eigenvalue weighted by Gasteiger charge is -2.16. The monoisotopic (exact) mass is 320 g/mol. The van der Waals surface area contributed by atoms with Gasteiger partial charge in [0, 0.05) is 50.8 Å². The Hall–Kier alpha value is -2.63. The lowest BCUT2D eigenvalue weighted by molar-refractivity contribution is 0.928. The summed E-state index contributed by atoms with van der Waals surface area (Å²) in [5.74, 6) is 2.10. The summed E-state index contributed by atoms with van der Waals surface area (Å²) < 4.78 is 2.14. The average molecular weight is 320 g/mol. The number of hydrogen-bond acceptors (Lipinski definition) is 5. The van der Waals surface area contributed by atoms with Crippen molar-refractivity contribution in [3.63, 3.8) is 0 Å². The van der Waals surface area contributed by atoms with Crippen molar-refractivity contribution in [3.05, 3.63) is 36.4 Å². The highest BCUT2D eigenvalue weighted by Crippen LogP contribution is 2.31. The number of rotatable bonds is 2. The van der Waals surface area contributed by atoms with Crippen molar-refractivity contribution in [2.45, 2.75) is 19.3 Å². The van der Waals surface area contributed by atoms with E-state index in [1.165, 1.54) is 18.4 Å². The summed E-state index contributed by atoms with van der Waals surface area (Å²) in [5.41, 5.74) is 4.46. The van der Waals surface area contributed by atoms with Crippen LogP contribution in [0.3, 0.4) is 0 Å². The minimum Gasteiger partial charge on any atom is -0.359 e. The molecular formula is C18H20N6. The van der Waals surface area contributed by atoms with E-state index in [1.807, 2.05) is 24.8 Å². The third kappa shape index (κ3) is 1.99. The van der Waals surface area contributed by atoms with Crippen LogP contribution in [0, 0.1) is 0 Å². The van der Waals surface area contributed by atoms with E-state index in [-0.39, 0.29) is 0 Å². The molecule has 5 rings (SSSR count). The standard InChI is InChI=1S/C18H20N6/c1-22-8-4-13-10-14(11-20-16(13)22)15-12-21-18-17(19-5-9-24(15)18)23-6-2-3-7-23/h5,9-12H,2-4,6-8H2,1H3. The molecule has 0 atom stereocenters. The van der Waals surface area contributed by atoms with Gasteiger partial charge in [-0.2, -0.15) is 0 Å². The van der Waals surface area contributed by atoms with Gasteiger partial charge in [-0.25, -0.2) is 15.0 Å². The van der Waals surface area contributed by atoms with E-state index >= 15 is 0 Å². The van der Waals surface area contributed by atoms with Crippen LogP contribution in [0.15, 0.2) is 30.9 Å². The van der Waals surface area contributed by atoms with Crippen molar-refractivity contribution in [3.8, 4) is 11.3 Å². The van der Waals surface area contributed by atoms with Gasteiger partial charge in [-0.15, -0.1) is 0 Å². The molecule has 0 bridgehead atoms. The Labute approximate surface area is 140 Å². The van der Waals surface area contributed by atoms with Crippen molar-refractivity contribution in [1.82, 2.24) is 19.4 Å².